The normalized spacial score (nSPS) is 12.0. The van der Waals surface area contributed by atoms with E-state index in [0.717, 1.165) is 15.3 Å². The minimum absolute atomic E-state index is 0.0278. The Morgan fingerprint density at radius 3 is 2.71 bits per heavy atom. The van der Waals surface area contributed by atoms with Crippen molar-refractivity contribution in [3.63, 3.8) is 0 Å². The van der Waals surface area contributed by atoms with Gasteiger partial charge in [-0.15, -0.1) is 17.9 Å². The lowest BCUT2D eigenvalue weighted by Crippen LogP contribution is -2.25. The Bertz CT molecular complexity index is 739. The van der Waals surface area contributed by atoms with Crippen LogP contribution in [0.5, 0.6) is 0 Å². The fraction of sp³-hybridized carbons (Fsp3) is 0.467. The van der Waals surface area contributed by atoms with E-state index in [2.05, 4.69) is 11.6 Å². The Kier molecular flexibility index (Phi) is 4.60. The first-order valence-electron chi connectivity index (χ1n) is 6.71. The average Bonchev–Trinajstić information content (AvgIpc) is 2.66. The summed E-state index contributed by atoms with van der Waals surface area (Å²) >= 11 is 2.94. The van der Waals surface area contributed by atoms with Gasteiger partial charge in [0.1, 0.15) is 4.83 Å². The van der Waals surface area contributed by atoms with Crippen LogP contribution in [0.15, 0.2) is 22.6 Å². The number of rotatable bonds is 5. The van der Waals surface area contributed by atoms with Crippen LogP contribution in [0.25, 0.3) is 10.2 Å². The first-order chi connectivity index (χ1) is 9.74. The van der Waals surface area contributed by atoms with Gasteiger partial charge in [0.2, 0.25) is 0 Å². The minimum atomic E-state index is -0.808. The number of allylic oxidation sites excluding steroid dienone is 1. The highest BCUT2D eigenvalue weighted by Crippen LogP contribution is 2.29. The van der Waals surface area contributed by atoms with Gasteiger partial charge in [0.05, 0.1) is 11.0 Å². The van der Waals surface area contributed by atoms with E-state index in [0.29, 0.717) is 22.8 Å². The molecule has 2 aromatic rings. The van der Waals surface area contributed by atoms with E-state index in [1.807, 2.05) is 13.8 Å². The molecule has 4 nitrogen and oxygen atoms in total. The van der Waals surface area contributed by atoms with Crippen LogP contribution in [0.2, 0.25) is 0 Å². The highest BCUT2D eigenvalue weighted by atomic mass is 32.2. The van der Waals surface area contributed by atoms with E-state index in [9.17, 15) is 9.90 Å². The third kappa shape index (κ3) is 3.39. The van der Waals surface area contributed by atoms with Crippen LogP contribution in [0.3, 0.4) is 0 Å². The monoisotopic (exact) mass is 324 g/mol. The molecule has 0 saturated heterocycles. The fourth-order valence-electron chi connectivity index (χ4n) is 1.95. The number of aryl methyl sites for hydroxylation is 2. The van der Waals surface area contributed by atoms with E-state index in [-0.39, 0.29) is 5.56 Å². The predicted octanol–water partition coefficient (Wildman–Crippen LogP) is 3.12. The smallest absolute Gasteiger partial charge is 0.263 e. The van der Waals surface area contributed by atoms with Gasteiger partial charge < -0.3 is 5.11 Å². The molecule has 6 heteroatoms. The van der Waals surface area contributed by atoms with E-state index in [4.69, 9.17) is 0 Å². The lowest BCUT2D eigenvalue weighted by molar-refractivity contribution is 0.107. The molecule has 0 aliphatic carbocycles. The Morgan fingerprint density at radius 2 is 2.14 bits per heavy atom. The van der Waals surface area contributed by atoms with Crippen molar-refractivity contribution >= 4 is 33.3 Å². The zero-order valence-corrected chi connectivity index (χ0v) is 14.4. The molecule has 0 aliphatic heterocycles. The van der Waals surface area contributed by atoms with Crippen LogP contribution in [0.4, 0.5) is 0 Å². The number of thiophene rings is 1. The molecule has 0 aliphatic rings. The topological polar surface area (TPSA) is 55.1 Å². The summed E-state index contributed by atoms with van der Waals surface area (Å²) in [4.78, 5) is 19.2. The second kappa shape index (κ2) is 5.94. The van der Waals surface area contributed by atoms with Crippen molar-refractivity contribution in [1.82, 2.24) is 9.55 Å². The third-order valence-electron chi connectivity index (χ3n) is 3.12. The van der Waals surface area contributed by atoms with Gasteiger partial charge in [0.25, 0.3) is 5.56 Å². The van der Waals surface area contributed by atoms with Gasteiger partial charge in [0.15, 0.2) is 5.16 Å². The maximum Gasteiger partial charge on any atom is 0.263 e. The van der Waals surface area contributed by atoms with Crippen LogP contribution in [0, 0.1) is 13.8 Å². The predicted molar refractivity (Wildman–Crippen MR) is 90.6 cm³/mol. The van der Waals surface area contributed by atoms with Crippen molar-refractivity contribution in [3.05, 3.63) is 33.4 Å². The zero-order chi connectivity index (χ0) is 15.8. The number of thioether (sulfide) groups is 1. The molecule has 0 unspecified atom stereocenters. The third-order valence-corrected chi connectivity index (χ3v) is 5.64. The zero-order valence-electron chi connectivity index (χ0n) is 12.8. The summed E-state index contributed by atoms with van der Waals surface area (Å²) in [5, 5.41) is 11.2. The number of aliphatic hydroxyl groups is 1. The molecule has 2 heterocycles. The Morgan fingerprint density at radius 1 is 1.48 bits per heavy atom. The van der Waals surface area contributed by atoms with Gasteiger partial charge in [-0.3, -0.25) is 9.36 Å². The van der Waals surface area contributed by atoms with Gasteiger partial charge in [-0.25, -0.2) is 4.98 Å². The van der Waals surface area contributed by atoms with Gasteiger partial charge in [0, 0.05) is 17.2 Å². The molecular weight excluding hydrogens is 304 g/mol. The SMILES string of the molecule is C=CCn1c(SCC(C)(C)O)nc2sc(C)c(C)c2c1=O. The molecule has 114 valence electrons. The largest absolute Gasteiger partial charge is 0.390 e. The molecule has 0 aromatic carbocycles. The van der Waals surface area contributed by atoms with Crippen molar-refractivity contribution in [1.29, 1.82) is 0 Å². The standard InChI is InChI=1S/C15H20N2O2S2/c1-6-7-17-13(18)11-9(2)10(3)21-12(11)16-14(17)20-8-15(4,5)19/h6,19H,1,7-8H2,2-5H3. The van der Waals surface area contributed by atoms with E-state index < -0.39 is 5.60 Å². The highest BCUT2D eigenvalue weighted by molar-refractivity contribution is 7.99. The summed E-state index contributed by atoms with van der Waals surface area (Å²) in [7, 11) is 0. The second-order valence-electron chi connectivity index (χ2n) is 5.66. The molecule has 21 heavy (non-hydrogen) atoms. The van der Waals surface area contributed by atoms with Crippen molar-refractivity contribution in [2.45, 2.75) is 45.0 Å². The number of fused-ring (bicyclic) bond motifs is 1. The molecule has 0 saturated carbocycles. The van der Waals surface area contributed by atoms with Gasteiger partial charge in [-0.1, -0.05) is 17.8 Å². The van der Waals surface area contributed by atoms with Crippen LogP contribution < -0.4 is 5.56 Å². The highest BCUT2D eigenvalue weighted by Gasteiger charge is 2.19. The van der Waals surface area contributed by atoms with Gasteiger partial charge in [-0.2, -0.15) is 0 Å². The first-order valence-corrected chi connectivity index (χ1v) is 8.51. The Balaban J connectivity index is 2.60. The summed E-state index contributed by atoms with van der Waals surface area (Å²) in [6.07, 6.45) is 1.69. The summed E-state index contributed by atoms with van der Waals surface area (Å²) < 4.78 is 1.63. The van der Waals surface area contributed by atoms with Crippen LogP contribution >= 0.6 is 23.1 Å². The fourth-order valence-corrected chi connectivity index (χ4v) is 3.98. The molecule has 0 bridgehead atoms. The first kappa shape index (κ1) is 16.3. The van der Waals surface area contributed by atoms with E-state index in [1.54, 1.807) is 35.8 Å². The van der Waals surface area contributed by atoms with Gasteiger partial charge >= 0.3 is 0 Å². The molecule has 2 aromatic heterocycles. The maximum absolute atomic E-state index is 12.7. The molecule has 2 rings (SSSR count). The lowest BCUT2D eigenvalue weighted by Gasteiger charge is -2.17. The van der Waals surface area contributed by atoms with Crippen molar-refractivity contribution in [2.24, 2.45) is 0 Å². The molecular formula is C15H20N2O2S2. The van der Waals surface area contributed by atoms with Crippen molar-refractivity contribution < 1.29 is 5.11 Å². The summed E-state index contributed by atoms with van der Waals surface area (Å²) in [5.74, 6) is 0.478. The summed E-state index contributed by atoms with van der Waals surface area (Å²) in [6, 6.07) is 0. The van der Waals surface area contributed by atoms with Crippen LogP contribution in [0.1, 0.15) is 24.3 Å². The number of hydrogen-bond donors (Lipinski definition) is 1. The molecule has 0 fully saturated rings. The number of nitrogens with zero attached hydrogens (tertiary/aromatic N) is 2. The summed E-state index contributed by atoms with van der Waals surface area (Å²) in [5.41, 5.74) is 0.168. The maximum atomic E-state index is 12.7. The Labute approximate surface area is 132 Å². The van der Waals surface area contributed by atoms with Crippen molar-refractivity contribution in [2.75, 3.05) is 5.75 Å². The van der Waals surface area contributed by atoms with E-state index in [1.165, 1.54) is 11.8 Å². The summed E-state index contributed by atoms with van der Waals surface area (Å²) in [6.45, 7) is 11.6. The second-order valence-corrected chi connectivity index (χ2v) is 7.81. The van der Waals surface area contributed by atoms with Crippen LogP contribution in [-0.4, -0.2) is 26.0 Å². The molecule has 0 spiro atoms. The Hall–Kier alpha value is -1.11. The molecule has 0 atom stereocenters. The molecule has 0 amide bonds. The number of aromatic nitrogens is 2. The van der Waals surface area contributed by atoms with Crippen LogP contribution in [-0.2, 0) is 6.54 Å². The minimum Gasteiger partial charge on any atom is -0.390 e. The van der Waals surface area contributed by atoms with E-state index >= 15 is 0 Å². The molecule has 1 N–H and O–H groups in total. The number of hydrogen-bond acceptors (Lipinski definition) is 5. The van der Waals surface area contributed by atoms with Gasteiger partial charge in [-0.05, 0) is 33.3 Å². The van der Waals surface area contributed by atoms with Crippen molar-refractivity contribution in [3.8, 4) is 0 Å². The quantitative estimate of drug-likeness (QED) is 0.521. The average molecular weight is 324 g/mol. The molecule has 0 radical (unpaired) electrons. The lowest BCUT2D eigenvalue weighted by atomic mass is 10.2.